The zero-order valence-electron chi connectivity index (χ0n) is 4.68. The maximum atomic E-state index is 9.63. The smallest absolute Gasteiger partial charge is 0.329 e. The van der Waals surface area contributed by atoms with E-state index in [2.05, 4.69) is 4.74 Å². The van der Waals surface area contributed by atoms with Crippen molar-refractivity contribution >= 4 is 5.97 Å². The largest absolute Gasteiger partial charge is 0.480 e. The number of carboxylic acids is 1. The molecule has 0 fully saturated rings. The van der Waals surface area contributed by atoms with E-state index in [0.29, 0.717) is 6.61 Å². The fraction of sp³-hybridized carbons (Fsp3) is 0.750. The van der Waals surface area contributed by atoms with E-state index < -0.39 is 5.97 Å². The van der Waals surface area contributed by atoms with Gasteiger partial charge in [0.2, 0.25) is 0 Å². The summed E-state index contributed by atoms with van der Waals surface area (Å²) in [6.45, 7) is 2.03. The number of rotatable bonds is 3. The van der Waals surface area contributed by atoms with E-state index in [1.165, 1.54) is 0 Å². The van der Waals surface area contributed by atoms with Gasteiger partial charge in [-0.05, 0) is 6.92 Å². The van der Waals surface area contributed by atoms with E-state index in [1.54, 1.807) is 6.92 Å². The van der Waals surface area contributed by atoms with Crippen molar-refractivity contribution in [3.63, 3.8) is 0 Å². The van der Waals surface area contributed by atoms with Crippen LogP contribution < -0.4 is 0 Å². The summed E-state index contributed by atoms with van der Waals surface area (Å²) in [6, 6.07) is 0. The molecule has 46 valence electrons. The Bertz CT molecular complexity index is 64.3. The summed E-state index contributed by atoms with van der Waals surface area (Å²) in [5, 5.41) is 7.92. The van der Waals surface area contributed by atoms with Crippen molar-refractivity contribution in [3.05, 3.63) is 0 Å². The van der Waals surface area contributed by atoms with Gasteiger partial charge in [0.05, 0.1) is 0 Å². The van der Waals surface area contributed by atoms with E-state index in [4.69, 9.17) is 5.11 Å². The molecule has 0 saturated heterocycles. The van der Waals surface area contributed by atoms with E-state index >= 15 is 0 Å². The second-order valence-corrected chi connectivity index (χ2v) is 1.03. The summed E-state index contributed by atoms with van der Waals surface area (Å²) in [5.74, 6) is -0.915. The van der Waals surface area contributed by atoms with Crippen LogP contribution in [0.5, 0.6) is 0 Å². The number of aliphatic carboxylic acids is 1. The van der Waals surface area contributed by atoms with Crippen LogP contribution >= 0.6 is 0 Å². The Labute approximate surface area is 81.8 Å². The summed E-state index contributed by atoms with van der Waals surface area (Å²) >= 11 is 0. The molecular formula is C4H8CeO3. The number of carbonyl (C=O) groups is 1. The Morgan fingerprint density at radius 3 is 2.38 bits per heavy atom. The topological polar surface area (TPSA) is 46.5 Å². The number of ether oxygens (including phenoxy) is 1. The van der Waals surface area contributed by atoms with Crippen LogP contribution in [0.4, 0.5) is 0 Å². The summed E-state index contributed by atoms with van der Waals surface area (Å²) in [7, 11) is 0. The van der Waals surface area contributed by atoms with Crippen molar-refractivity contribution in [2.45, 2.75) is 6.92 Å². The molecule has 0 amide bonds. The Hall–Kier alpha value is 0.807. The summed E-state index contributed by atoms with van der Waals surface area (Å²) in [5.41, 5.74) is 0. The van der Waals surface area contributed by atoms with Crippen molar-refractivity contribution in [2.75, 3.05) is 13.2 Å². The van der Waals surface area contributed by atoms with Crippen LogP contribution in [-0.2, 0) is 9.53 Å². The first-order valence-corrected chi connectivity index (χ1v) is 2.07. The molecule has 0 bridgehead atoms. The third kappa shape index (κ3) is 9.93. The minimum absolute atomic E-state index is 0. The van der Waals surface area contributed by atoms with Crippen LogP contribution in [0.1, 0.15) is 6.92 Å². The normalized spacial score (nSPS) is 7.62. The Morgan fingerprint density at radius 1 is 1.75 bits per heavy atom. The number of carboxylic acid groups (broad SMARTS) is 1. The molecule has 0 radical (unpaired) electrons. The minimum Gasteiger partial charge on any atom is -0.480 e. The maximum Gasteiger partial charge on any atom is 0.329 e. The SMILES string of the molecule is CCOCC(=O)O.[Ce]. The maximum absolute atomic E-state index is 9.63. The van der Waals surface area contributed by atoms with Gasteiger partial charge in [-0.15, -0.1) is 0 Å². The van der Waals surface area contributed by atoms with Gasteiger partial charge >= 0.3 is 5.97 Å². The first kappa shape index (κ1) is 11.6. The molecule has 0 unspecified atom stereocenters. The van der Waals surface area contributed by atoms with Crippen LogP contribution in [0.2, 0.25) is 0 Å². The predicted molar refractivity (Wildman–Crippen MR) is 24.1 cm³/mol. The summed E-state index contributed by atoms with van der Waals surface area (Å²) in [6.07, 6.45) is 0. The van der Waals surface area contributed by atoms with E-state index in [0.717, 1.165) is 0 Å². The van der Waals surface area contributed by atoms with Gasteiger partial charge < -0.3 is 9.84 Å². The molecular weight excluding hydrogens is 236 g/mol. The first-order valence-electron chi connectivity index (χ1n) is 2.07. The molecule has 8 heavy (non-hydrogen) atoms. The number of hydrogen-bond acceptors (Lipinski definition) is 2. The van der Waals surface area contributed by atoms with Crippen molar-refractivity contribution < 1.29 is 56.4 Å². The molecule has 0 saturated carbocycles. The molecule has 0 aliphatic carbocycles. The van der Waals surface area contributed by atoms with Gasteiger partial charge in [0, 0.05) is 48.4 Å². The standard InChI is InChI=1S/C4H8O3.Ce/c1-2-7-3-4(5)6;/h2-3H2,1H3,(H,5,6);. The third-order valence-corrected chi connectivity index (χ3v) is 0.430. The van der Waals surface area contributed by atoms with Crippen LogP contribution in [0.15, 0.2) is 0 Å². The van der Waals surface area contributed by atoms with Gasteiger partial charge in [-0.1, -0.05) is 0 Å². The molecule has 0 spiro atoms. The van der Waals surface area contributed by atoms with Crippen molar-refractivity contribution in [3.8, 4) is 0 Å². The quantitative estimate of drug-likeness (QED) is 0.766. The molecule has 0 rings (SSSR count). The predicted octanol–water partition coefficient (Wildman–Crippen LogP) is 0.108. The summed E-state index contributed by atoms with van der Waals surface area (Å²) < 4.78 is 4.50. The van der Waals surface area contributed by atoms with E-state index in [9.17, 15) is 4.79 Å². The van der Waals surface area contributed by atoms with Crippen LogP contribution in [0.3, 0.4) is 0 Å². The molecule has 0 heterocycles. The Kier molecular flexibility index (Phi) is 11.3. The molecule has 0 aliphatic rings. The second-order valence-electron chi connectivity index (χ2n) is 1.03. The van der Waals surface area contributed by atoms with Gasteiger partial charge in [0.1, 0.15) is 6.61 Å². The van der Waals surface area contributed by atoms with Crippen LogP contribution in [0.25, 0.3) is 0 Å². The molecule has 3 nitrogen and oxygen atoms in total. The second kappa shape index (κ2) is 7.81. The third-order valence-electron chi connectivity index (χ3n) is 0.430. The van der Waals surface area contributed by atoms with Crippen LogP contribution in [0, 0.1) is 41.7 Å². The molecule has 0 aliphatic heterocycles. The molecule has 0 aromatic rings. The molecule has 1 N–H and O–H groups in total. The van der Waals surface area contributed by atoms with E-state index in [1.807, 2.05) is 0 Å². The molecule has 4 heteroatoms. The Morgan fingerprint density at radius 2 is 2.25 bits per heavy atom. The minimum atomic E-state index is -0.915. The van der Waals surface area contributed by atoms with Gasteiger partial charge in [0.15, 0.2) is 0 Å². The van der Waals surface area contributed by atoms with Gasteiger partial charge in [-0.3, -0.25) is 0 Å². The van der Waals surface area contributed by atoms with Crippen LogP contribution in [-0.4, -0.2) is 24.3 Å². The molecule has 0 atom stereocenters. The molecule has 0 aromatic carbocycles. The first-order chi connectivity index (χ1) is 3.27. The average Bonchev–Trinajstić information content (AvgIpc) is 1.61. The fourth-order valence-corrected chi connectivity index (χ4v) is 0.189. The zero-order valence-corrected chi connectivity index (χ0v) is 7.82. The van der Waals surface area contributed by atoms with E-state index in [-0.39, 0.29) is 48.4 Å². The number of hydrogen-bond donors (Lipinski definition) is 1. The Balaban J connectivity index is 0. The fourth-order valence-electron chi connectivity index (χ4n) is 0.189. The average molecular weight is 244 g/mol. The van der Waals surface area contributed by atoms with Gasteiger partial charge in [0.25, 0.3) is 0 Å². The van der Waals surface area contributed by atoms with Crippen molar-refractivity contribution in [1.29, 1.82) is 0 Å². The van der Waals surface area contributed by atoms with Gasteiger partial charge in [-0.2, -0.15) is 0 Å². The zero-order chi connectivity index (χ0) is 5.70. The van der Waals surface area contributed by atoms with Gasteiger partial charge in [-0.25, -0.2) is 4.79 Å². The van der Waals surface area contributed by atoms with Crippen molar-refractivity contribution in [2.24, 2.45) is 0 Å². The summed E-state index contributed by atoms with van der Waals surface area (Å²) in [4.78, 5) is 9.63. The monoisotopic (exact) mass is 244 g/mol. The molecule has 0 aromatic heterocycles. The van der Waals surface area contributed by atoms with Crippen molar-refractivity contribution in [1.82, 2.24) is 0 Å².